The Morgan fingerprint density at radius 3 is 2.23 bits per heavy atom. The fourth-order valence-corrected chi connectivity index (χ4v) is 8.43. The summed E-state index contributed by atoms with van der Waals surface area (Å²) in [6.45, 7) is 12.0. The van der Waals surface area contributed by atoms with Crippen LogP contribution < -0.4 is 0 Å². The molecule has 9 atom stereocenters. The first kappa shape index (κ1) is 46.1. The fourth-order valence-electron chi connectivity index (χ4n) is 8.20. The second-order valence-electron chi connectivity index (χ2n) is 15.4. The molecule has 1 heterocycles. The van der Waals surface area contributed by atoms with Crippen LogP contribution in [0.1, 0.15) is 92.1 Å². The maximum atomic E-state index is 14.3. The molecule has 0 aliphatic carbocycles. The molecule has 1 fully saturated rings. The summed E-state index contributed by atoms with van der Waals surface area (Å²) in [7, 11) is 8.49. The summed E-state index contributed by atoms with van der Waals surface area (Å²) in [5, 5.41) is 4.54. The molecule has 13 heteroatoms. The standard InChI is InChI=1S/C40H65ClN6O6/c1-12-26(4)38(46(9)40(51)30(28(6)43-44-42)23-34(49)37(25(2)3)45(7)8)35(52-10)24-36(50)47-22-16-20-32(47)39(53-11)27(5)33(48)21-15-18-29-17-13-14-19-31(29)41/h13-14,17,19,25-28,30,32,35,37-39H,12,15-16,18,20-24H2,1-11H3/t26-,27-,28-,30-,32-,35+,37-,38-,39+/m0/s1. The Morgan fingerprint density at radius 2 is 1.68 bits per heavy atom. The second kappa shape index (κ2) is 22.4. The van der Waals surface area contributed by atoms with Crippen molar-refractivity contribution in [3.63, 3.8) is 0 Å². The summed E-state index contributed by atoms with van der Waals surface area (Å²) in [6, 6.07) is 5.69. The monoisotopic (exact) mass is 760 g/mol. The molecule has 1 aliphatic rings. The Morgan fingerprint density at radius 1 is 1.02 bits per heavy atom. The van der Waals surface area contributed by atoms with E-state index in [2.05, 4.69) is 10.0 Å². The highest BCUT2D eigenvalue weighted by molar-refractivity contribution is 6.31. The number of methoxy groups -OCH3 is 2. The molecule has 1 aromatic rings. The van der Waals surface area contributed by atoms with Gasteiger partial charge in [0.25, 0.3) is 0 Å². The molecule has 53 heavy (non-hydrogen) atoms. The fraction of sp³-hybridized carbons (Fsp3) is 0.750. The number of halogens is 1. The van der Waals surface area contributed by atoms with Gasteiger partial charge in [0, 0.05) is 62.5 Å². The maximum Gasteiger partial charge on any atom is 0.226 e. The van der Waals surface area contributed by atoms with Crippen molar-refractivity contribution in [1.82, 2.24) is 14.7 Å². The van der Waals surface area contributed by atoms with Crippen molar-refractivity contribution in [3.8, 4) is 0 Å². The van der Waals surface area contributed by atoms with Crippen LogP contribution in [0.4, 0.5) is 0 Å². The van der Waals surface area contributed by atoms with Crippen LogP contribution in [0.25, 0.3) is 10.4 Å². The lowest BCUT2D eigenvalue weighted by Crippen LogP contribution is -2.54. The van der Waals surface area contributed by atoms with Crippen molar-refractivity contribution >= 4 is 35.0 Å². The normalized spacial score (nSPS) is 19.1. The van der Waals surface area contributed by atoms with E-state index in [1.807, 2.05) is 82.8 Å². The molecule has 0 N–H and O–H groups in total. The van der Waals surface area contributed by atoms with Gasteiger partial charge >= 0.3 is 0 Å². The van der Waals surface area contributed by atoms with E-state index in [9.17, 15) is 24.7 Å². The van der Waals surface area contributed by atoms with E-state index >= 15 is 0 Å². The van der Waals surface area contributed by atoms with Crippen LogP contribution in [-0.2, 0) is 35.1 Å². The van der Waals surface area contributed by atoms with Crippen molar-refractivity contribution in [2.24, 2.45) is 28.8 Å². The zero-order chi connectivity index (χ0) is 40.0. The molecule has 0 unspecified atom stereocenters. The predicted molar refractivity (Wildman–Crippen MR) is 210 cm³/mol. The van der Waals surface area contributed by atoms with Gasteiger partial charge in [-0.1, -0.05) is 82.9 Å². The van der Waals surface area contributed by atoms with Crippen molar-refractivity contribution < 1.29 is 28.7 Å². The summed E-state index contributed by atoms with van der Waals surface area (Å²) in [4.78, 5) is 63.7. The van der Waals surface area contributed by atoms with Crippen molar-refractivity contribution in [2.75, 3.05) is 41.9 Å². The highest BCUT2D eigenvalue weighted by Crippen LogP contribution is 2.31. The SMILES string of the molecule is CC[C@H](C)[C@@H]([C@@H](CC(=O)N1CCC[C@H]1[C@H](OC)[C@@H](C)C(=O)CCCc1ccccc1Cl)OC)N(C)C(=O)[C@@H](CC(=O)[C@H](C(C)C)N(C)C)[C@H](C)N=[N+]=[N-]. The van der Waals surface area contributed by atoms with Gasteiger partial charge < -0.3 is 19.3 Å². The number of rotatable bonds is 23. The van der Waals surface area contributed by atoms with Gasteiger partial charge in [0.15, 0.2) is 5.78 Å². The second-order valence-corrected chi connectivity index (χ2v) is 15.8. The van der Waals surface area contributed by atoms with Gasteiger partial charge in [0.1, 0.15) is 5.78 Å². The summed E-state index contributed by atoms with van der Waals surface area (Å²) in [5.74, 6) is -1.83. The van der Waals surface area contributed by atoms with Crippen LogP contribution >= 0.6 is 11.6 Å². The number of nitrogens with zero attached hydrogens (tertiary/aromatic N) is 6. The van der Waals surface area contributed by atoms with Gasteiger partial charge in [0.05, 0.1) is 42.7 Å². The van der Waals surface area contributed by atoms with E-state index in [1.54, 1.807) is 33.1 Å². The summed E-state index contributed by atoms with van der Waals surface area (Å²) in [6.07, 6.45) is 2.75. The molecular weight excluding hydrogens is 696 g/mol. The van der Waals surface area contributed by atoms with Crippen molar-refractivity contribution in [1.29, 1.82) is 0 Å². The quantitative estimate of drug-likeness (QED) is 0.0663. The van der Waals surface area contributed by atoms with Gasteiger partial charge in [-0.15, -0.1) is 0 Å². The highest BCUT2D eigenvalue weighted by Gasteiger charge is 2.43. The predicted octanol–water partition coefficient (Wildman–Crippen LogP) is 7.01. The first-order valence-corrected chi connectivity index (χ1v) is 19.5. The van der Waals surface area contributed by atoms with E-state index in [0.29, 0.717) is 43.7 Å². The van der Waals surface area contributed by atoms with E-state index < -0.39 is 42.2 Å². The van der Waals surface area contributed by atoms with Gasteiger partial charge in [-0.2, -0.15) is 0 Å². The number of carbonyl (C=O) groups is 4. The topological polar surface area (TPSA) is 145 Å². The van der Waals surface area contributed by atoms with E-state index in [1.165, 1.54) is 0 Å². The van der Waals surface area contributed by atoms with E-state index in [-0.39, 0.29) is 54.1 Å². The van der Waals surface area contributed by atoms with Crippen molar-refractivity contribution in [2.45, 2.75) is 129 Å². The number of hydrogen-bond donors (Lipinski definition) is 0. The first-order chi connectivity index (χ1) is 25.0. The Kier molecular flexibility index (Phi) is 19.5. The molecular formula is C40H65ClN6O6. The third-order valence-electron chi connectivity index (χ3n) is 11.3. The number of azide groups is 1. The van der Waals surface area contributed by atoms with Crippen LogP contribution in [-0.4, -0.2) is 116 Å². The minimum Gasteiger partial charge on any atom is -0.379 e. The molecule has 2 amide bonds. The summed E-state index contributed by atoms with van der Waals surface area (Å²) < 4.78 is 12.0. The molecule has 0 saturated carbocycles. The Balaban J connectivity index is 2.27. The molecule has 2 rings (SSSR count). The molecule has 0 aromatic heterocycles. The third kappa shape index (κ3) is 12.5. The minimum absolute atomic E-state index is 0.0157. The van der Waals surface area contributed by atoms with Gasteiger partial charge in [-0.05, 0) is 68.8 Å². The number of carbonyl (C=O) groups excluding carboxylic acids is 4. The van der Waals surface area contributed by atoms with E-state index in [4.69, 9.17) is 21.1 Å². The number of likely N-dealkylation sites (N-methyl/N-ethyl adjacent to an activating group) is 2. The van der Waals surface area contributed by atoms with Crippen LogP contribution in [0.5, 0.6) is 0 Å². The molecule has 1 aromatic carbocycles. The molecule has 12 nitrogen and oxygen atoms in total. The first-order valence-electron chi connectivity index (χ1n) is 19.2. The molecule has 0 bridgehead atoms. The zero-order valence-corrected chi connectivity index (χ0v) is 34.7. The lowest BCUT2D eigenvalue weighted by molar-refractivity contribution is -0.148. The number of amides is 2. The average Bonchev–Trinajstić information content (AvgIpc) is 3.60. The molecule has 0 spiro atoms. The molecule has 1 aliphatic heterocycles. The number of aryl methyl sites for hydroxylation is 1. The molecule has 298 valence electrons. The average molecular weight is 761 g/mol. The summed E-state index contributed by atoms with van der Waals surface area (Å²) in [5.41, 5.74) is 10.3. The third-order valence-corrected chi connectivity index (χ3v) is 11.6. The number of hydrogen-bond acceptors (Lipinski definition) is 8. The Labute approximate surface area is 322 Å². The number of Topliss-reactive ketones (excluding diaryl/α,β-unsaturated/α-hetero) is 2. The Bertz CT molecular complexity index is 1400. The van der Waals surface area contributed by atoms with Crippen LogP contribution in [0.2, 0.25) is 5.02 Å². The number of likely N-dealkylation sites (tertiary alicyclic amines) is 1. The van der Waals surface area contributed by atoms with Gasteiger partial charge in [0.2, 0.25) is 11.8 Å². The molecule has 0 radical (unpaired) electrons. The molecule has 1 saturated heterocycles. The smallest absolute Gasteiger partial charge is 0.226 e. The largest absolute Gasteiger partial charge is 0.379 e. The number of ketones is 2. The maximum absolute atomic E-state index is 14.3. The van der Waals surface area contributed by atoms with Crippen LogP contribution in [0.3, 0.4) is 0 Å². The lowest BCUT2D eigenvalue weighted by atomic mass is 9.85. The number of benzene rings is 1. The van der Waals surface area contributed by atoms with Crippen LogP contribution in [0, 0.1) is 23.7 Å². The van der Waals surface area contributed by atoms with Gasteiger partial charge in [-0.25, -0.2) is 0 Å². The van der Waals surface area contributed by atoms with Gasteiger partial charge in [-0.3, -0.25) is 24.1 Å². The van der Waals surface area contributed by atoms with E-state index in [0.717, 1.165) is 12.0 Å². The lowest BCUT2D eigenvalue weighted by Gasteiger charge is -2.41. The number of ether oxygens (including phenoxy) is 2. The minimum atomic E-state index is -0.890. The zero-order valence-electron chi connectivity index (χ0n) is 34.0. The Hall–Kier alpha value is -3.02. The van der Waals surface area contributed by atoms with Crippen LogP contribution in [0.15, 0.2) is 29.4 Å². The highest BCUT2D eigenvalue weighted by atomic mass is 35.5. The summed E-state index contributed by atoms with van der Waals surface area (Å²) >= 11 is 6.32. The van der Waals surface area contributed by atoms with Crippen molar-refractivity contribution in [3.05, 3.63) is 45.3 Å².